The van der Waals surface area contributed by atoms with E-state index in [-0.39, 0.29) is 11.4 Å². The van der Waals surface area contributed by atoms with Crippen molar-refractivity contribution in [1.29, 1.82) is 0 Å². The molecule has 1 heterocycles. The molecule has 0 aliphatic carbocycles. The third-order valence-corrected chi connectivity index (χ3v) is 4.33. The van der Waals surface area contributed by atoms with Gasteiger partial charge in [-0.15, -0.1) is 0 Å². The van der Waals surface area contributed by atoms with Crippen LogP contribution in [0.1, 0.15) is 0 Å². The Hall–Kier alpha value is -2.19. The molecule has 2 aromatic rings. The molecular weight excluding hydrogens is 292 g/mol. The molecular formula is C13H16N4O3S. The summed E-state index contributed by atoms with van der Waals surface area (Å²) in [4.78, 5) is 15.5. The molecule has 0 saturated heterocycles. The first-order chi connectivity index (χ1) is 9.96. The molecule has 0 aliphatic rings. The van der Waals surface area contributed by atoms with Gasteiger partial charge in [0.05, 0.1) is 17.0 Å². The highest BCUT2D eigenvalue weighted by Crippen LogP contribution is 2.19. The Bertz CT molecular complexity index is 774. The number of amides is 1. The minimum Gasteiger partial charge on any atom is -0.373 e. The molecule has 3 N–H and O–H groups in total. The standard InChI is InChI=1S/C13H16N4O3S/c1-14-12-6-3-9-7-10(4-5-11(9)17-12)21(19,20)16-8-13(18)15-2/h3-7,16H,8H2,1-2H3,(H,14,17)(H,15,18). The summed E-state index contributed by atoms with van der Waals surface area (Å²) in [5.74, 6) is 0.301. The summed E-state index contributed by atoms with van der Waals surface area (Å²) in [6.07, 6.45) is 0. The number of likely N-dealkylation sites (N-methyl/N-ethyl adjacent to an activating group) is 1. The van der Waals surface area contributed by atoms with Crippen molar-refractivity contribution < 1.29 is 13.2 Å². The molecule has 1 aromatic heterocycles. The lowest BCUT2D eigenvalue weighted by atomic mass is 10.2. The predicted octanol–water partition coefficient (Wildman–Crippen LogP) is 0.301. The number of nitrogens with zero attached hydrogens (tertiary/aromatic N) is 1. The highest BCUT2D eigenvalue weighted by molar-refractivity contribution is 7.89. The first-order valence-corrected chi connectivity index (χ1v) is 7.73. The highest BCUT2D eigenvalue weighted by atomic mass is 32.2. The number of carbonyl (C=O) groups is 1. The lowest BCUT2D eigenvalue weighted by molar-refractivity contribution is -0.119. The van der Waals surface area contributed by atoms with E-state index in [9.17, 15) is 13.2 Å². The number of fused-ring (bicyclic) bond motifs is 1. The molecule has 2 rings (SSSR count). The maximum absolute atomic E-state index is 12.1. The first-order valence-electron chi connectivity index (χ1n) is 6.25. The van der Waals surface area contributed by atoms with Gasteiger partial charge < -0.3 is 10.6 Å². The number of aromatic nitrogens is 1. The number of rotatable bonds is 5. The third-order valence-electron chi connectivity index (χ3n) is 2.93. The molecule has 1 aromatic carbocycles. The maximum Gasteiger partial charge on any atom is 0.241 e. The summed E-state index contributed by atoms with van der Waals surface area (Å²) in [5, 5.41) is 5.97. The zero-order valence-electron chi connectivity index (χ0n) is 11.7. The Labute approximate surface area is 122 Å². The first kappa shape index (κ1) is 15.2. The number of benzene rings is 1. The summed E-state index contributed by atoms with van der Waals surface area (Å²) in [7, 11) is -0.525. The van der Waals surface area contributed by atoms with Crippen molar-refractivity contribution in [3.8, 4) is 0 Å². The van der Waals surface area contributed by atoms with Crippen molar-refractivity contribution in [3.63, 3.8) is 0 Å². The number of carbonyl (C=O) groups excluding carboxylic acids is 1. The van der Waals surface area contributed by atoms with E-state index in [2.05, 4.69) is 20.3 Å². The van der Waals surface area contributed by atoms with Gasteiger partial charge in [-0.2, -0.15) is 0 Å². The Morgan fingerprint density at radius 1 is 1.19 bits per heavy atom. The molecule has 1 amide bonds. The SMILES string of the molecule is CNC(=O)CNS(=O)(=O)c1ccc2nc(NC)ccc2c1. The summed E-state index contributed by atoms with van der Waals surface area (Å²) in [6.45, 7) is -0.298. The van der Waals surface area contributed by atoms with Crippen molar-refractivity contribution >= 4 is 32.7 Å². The number of sulfonamides is 1. The minimum atomic E-state index is -3.73. The van der Waals surface area contributed by atoms with Gasteiger partial charge in [0.2, 0.25) is 15.9 Å². The summed E-state index contributed by atoms with van der Waals surface area (Å²) in [5.41, 5.74) is 0.687. The topological polar surface area (TPSA) is 100 Å². The average Bonchev–Trinajstić information content (AvgIpc) is 2.51. The van der Waals surface area contributed by atoms with Crippen molar-refractivity contribution in [2.45, 2.75) is 4.90 Å². The van der Waals surface area contributed by atoms with Gasteiger partial charge in [-0.05, 0) is 30.3 Å². The van der Waals surface area contributed by atoms with E-state index < -0.39 is 15.9 Å². The average molecular weight is 308 g/mol. The van der Waals surface area contributed by atoms with Crippen LogP contribution in [-0.2, 0) is 14.8 Å². The van der Waals surface area contributed by atoms with E-state index in [1.165, 1.54) is 19.2 Å². The Kier molecular flexibility index (Phi) is 4.39. The van der Waals surface area contributed by atoms with Crippen LogP contribution in [0.15, 0.2) is 35.2 Å². The van der Waals surface area contributed by atoms with E-state index in [4.69, 9.17) is 0 Å². The molecule has 0 fully saturated rings. The van der Waals surface area contributed by atoms with Crippen LogP contribution < -0.4 is 15.4 Å². The zero-order valence-corrected chi connectivity index (χ0v) is 12.5. The maximum atomic E-state index is 12.1. The molecule has 0 spiro atoms. The fourth-order valence-electron chi connectivity index (χ4n) is 1.74. The van der Waals surface area contributed by atoms with E-state index in [0.717, 1.165) is 0 Å². The zero-order chi connectivity index (χ0) is 15.5. The molecule has 21 heavy (non-hydrogen) atoms. The Balaban J connectivity index is 2.31. The second kappa shape index (κ2) is 6.06. The van der Waals surface area contributed by atoms with E-state index in [1.807, 2.05) is 0 Å². The van der Waals surface area contributed by atoms with Crippen molar-refractivity contribution in [2.24, 2.45) is 0 Å². The number of nitrogens with one attached hydrogen (secondary N) is 3. The molecule has 0 unspecified atom stereocenters. The van der Waals surface area contributed by atoms with Gasteiger partial charge >= 0.3 is 0 Å². The number of hydrogen-bond acceptors (Lipinski definition) is 5. The highest BCUT2D eigenvalue weighted by Gasteiger charge is 2.15. The second-order valence-electron chi connectivity index (χ2n) is 4.30. The van der Waals surface area contributed by atoms with E-state index >= 15 is 0 Å². The molecule has 7 nitrogen and oxygen atoms in total. The Morgan fingerprint density at radius 3 is 2.62 bits per heavy atom. The molecule has 0 radical (unpaired) electrons. The van der Waals surface area contributed by atoms with Gasteiger partial charge in [-0.3, -0.25) is 4.79 Å². The van der Waals surface area contributed by atoms with Crippen molar-refractivity contribution in [1.82, 2.24) is 15.0 Å². The molecule has 0 aliphatic heterocycles. The normalized spacial score (nSPS) is 11.3. The second-order valence-corrected chi connectivity index (χ2v) is 6.07. The van der Waals surface area contributed by atoms with Gasteiger partial charge in [0.1, 0.15) is 5.82 Å². The van der Waals surface area contributed by atoms with Crippen LogP contribution in [0.4, 0.5) is 5.82 Å². The van der Waals surface area contributed by atoms with Crippen LogP contribution >= 0.6 is 0 Å². The summed E-state index contributed by atoms with van der Waals surface area (Å²) < 4.78 is 26.4. The minimum absolute atomic E-state index is 0.0953. The van der Waals surface area contributed by atoms with Crippen LogP contribution in [0.5, 0.6) is 0 Å². The lowest BCUT2D eigenvalue weighted by Crippen LogP contribution is -2.35. The monoisotopic (exact) mass is 308 g/mol. The molecule has 112 valence electrons. The molecule has 0 bridgehead atoms. The smallest absolute Gasteiger partial charge is 0.241 e. The molecule has 8 heteroatoms. The molecule has 0 atom stereocenters. The Morgan fingerprint density at radius 2 is 1.95 bits per heavy atom. The fourth-order valence-corrected chi connectivity index (χ4v) is 2.76. The van der Waals surface area contributed by atoms with Gasteiger partial charge in [0.15, 0.2) is 0 Å². The van der Waals surface area contributed by atoms with E-state index in [1.54, 1.807) is 25.2 Å². The number of hydrogen-bond donors (Lipinski definition) is 3. The van der Waals surface area contributed by atoms with Crippen LogP contribution in [0.2, 0.25) is 0 Å². The quantitative estimate of drug-likeness (QED) is 0.738. The number of anilines is 1. The van der Waals surface area contributed by atoms with Crippen LogP contribution in [0.25, 0.3) is 10.9 Å². The summed E-state index contributed by atoms with van der Waals surface area (Å²) >= 11 is 0. The van der Waals surface area contributed by atoms with Gasteiger partial charge in [-0.25, -0.2) is 18.1 Å². The largest absolute Gasteiger partial charge is 0.373 e. The van der Waals surface area contributed by atoms with Crippen LogP contribution in [-0.4, -0.2) is 39.9 Å². The van der Waals surface area contributed by atoms with Crippen LogP contribution in [0, 0.1) is 0 Å². The van der Waals surface area contributed by atoms with Gasteiger partial charge in [0.25, 0.3) is 0 Å². The third kappa shape index (κ3) is 3.47. The summed E-state index contributed by atoms with van der Waals surface area (Å²) in [6, 6.07) is 8.15. The van der Waals surface area contributed by atoms with Gasteiger partial charge in [-0.1, -0.05) is 0 Å². The molecule has 0 saturated carbocycles. The number of pyridine rings is 1. The van der Waals surface area contributed by atoms with Crippen LogP contribution in [0.3, 0.4) is 0 Å². The fraction of sp³-hybridized carbons (Fsp3) is 0.231. The van der Waals surface area contributed by atoms with E-state index in [0.29, 0.717) is 16.7 Å². The van der Waals surface area contributed by atoms with Crippen molar-refractivity contribution in [2.75, 3.05) is 26.0 Å². The van der Waals surface area contributed by atoms with Crippen molar-refractivity contribution in [3.05, 3.63) is 30.3 Å². The predicted molar refractivity (Wildman–Crippen MR) is 80.5 cm³/mol. The lowest BCUT2D eigenvalue weighted by Gasteiger charge is -2.07. The van der Waals surface area contributed by atoms with Gasteiger partial charge in [0, 0.05) is 19.5 Å².